The molecule has 2 amide bonds. The highest BCUT2D eigenvalue weighted by atomic mass is 19.1. The number of carbonyl (C=O) groups excluding carboxylic acids is 2. The number of aromatic nitrogens is 1. The van der Waals surface area contributed by atoms with Crippen molar-refractivity contribution in [1.29, 1.82) is 0 Å². The van der Waals surface area contributed by atoms with E-state index in [1.807, 2.05) is 24.3 Å². The van der Waals surface area contributed by atoms with Gasteiger partial charge >= 0.3 is 0 Å². The van der Waals surface area contributed by atoms with E-state index in [9.17, 15) is 14.0 Å². The van der Waals surface area contributed by atoms with E-state index in [1.165, 1.54) is 48.9 Å². The van der Waals surface area contributed by atoms with Gasteiger partial charge in [-0.05, 0) is 68.1 Å². The maximum atomic E-state index is 14.1. The minimum absolute atomic E-state index is 0.0320. The summed E-state index contributed by atoms with van der Waals surface area (Å²) < 4.78 is 20.4. The number of carbonyl (C=O) groups is 2. The summed E-state index contributed by atoms with van der Waals surface area (Å²) in [7, 11) is 0. The summed E-state index contributed by atoms with van der Waals surface area (Å²) in [6.45, 7) is 2.96. The van der Waals surface area contributed by atoms with Crippen LogP contribution >= 0.6 is 0 Å². The lowest BCUT2D eigenvalue weighted by Gasteiger charge is -2.36. The molecule has 1 aromatic heterocycles. The van der Waals surface area contributed by atoms with Crippen molar-refractivity contribution in [1.82, 2.24) is 14.8 Å². The molecule has 0 radical (unpaired) electrons. The Balaban J connectivity index is 1.05. The number of piperazine rings is 1. The van der Waals surface area contributed by atoms with Crippen LogP contribution in [0.15, 0.2) is 54.7 Å². The molecule has 0 spiro atoms. The molecule has 2 saturated heterocycles. The third kappa shape index (κ3) is 4.97. The largest absolute Gasteiger partial charge is 0.490 e. The summed E-state index contributed by atoms with van der Waals surface area (Å²) in [6, 6.07) is 14.5. The zero-order valence-corrected chi connectivity index (χ0v) is 21.5. The van der Waals surface area contributed by atoms with Gasteiger partial charge in [0.1, 0.15) is 29.7 Å². The number of rotatable bonds is 5. The molecule has 0 unspecified atom stereocenters. The van der Waals surface area contributed by atoms with Gasteiger partial charge in [0.05, 0.1) is 0 Å². The van der Waals surface area contributed by atoms with Gasteiger partial charge in [-0.2, -0.15) is 0 Å². The average Bonchev–Trinajstić information content (AvgIpc) is 3.49. The molecule has 198 valence electrons. The van der Waals surface area contributed by atoms with Crippen LogP contribution in [0.25, 0.3) is 10.9 Å². The molecule has 2 aliphatic heterocycles. The number of halogens is 1. The van der Waals surface area contributed by atoms with Crippen molar-refractivity contribution in [3.63, 3.8) is 0 Å². The Morgan fingerprint density at radius 2 is 1.68 bits per heavy atom. The number of fused-ring (bicyclic) bond motifs is 1. The van der Waals surface area contributed by atoms with Crippen molar-refractivity contribution in [3.05, 3.63) is 66.1 Å². The molecule has 0 N–H and O–H groups in total. The first-order valence-electron chi connectivity index (χ1n) is 13.7. The van der Waals surface area contributed by atoms with E-state index in [2.05, 4.69) is 9.88 Å². The van der Waals surface area contributed by atoms with Crippen molar-refractivity contribution in [2.24, 2.45) is 0 Å². The zero-order valence-electron chi connectivity index (χ0n) is 21.5. The predicted octanol–water partition coefficient (Wildman–Crippen LogP) is 4.65. The SMILES string of the molecule is O=C(c1ccc(F)c2ncccc12)N1CCN(c2ccc(OC3CCN(C4CCCC4)CC3)cc2)C(=O)C1. The van der Waals surface area contributed by atoms with E-state index >= 15 is 0 Å². The molecule has 0 atom stereocenters. The van der Waals surface area contributed by atoms with Crippen LogP contribution in [0, 0.1) is 5.82 Å². The monoisotopic (exact) mass is 516 g/mol. The first-order valence-corrected chi connectivity index (χ1v) is 13.7. The fraction of sp³-hybridized carbons (Fsp3) is 0.433. The highest BCUT2D eigenvalue weighted by molar-refractivity contribution is 6.08. The zero-order chi connectivity index (χ0) is 26.1. The second-order valence-electron chi connectivity index (χ2n) is 10.6. The van der Waals surface area contributed by atoms with Crippen LogP contribution in [0.1, 0.15) is 48.9 Å². The topological polar surface area (TPSA) is 66.0 Å². The van der Waals surface area contributed by atoms with Crippen molar-refractivity contribution < 1.29 is 18.7 Å². The highest BCUT2D eigenvalue weighted by Gasteiger charge is 2.30. The van der Waals surface area contributed by atoms with Crippen LogP contribution in [0.5, 0.6) is 5.75 Å². The van der Waals surface area contributed by atoms with Gasteiger partial charge in [0.2, 0.25) is 5.91 Å². The van der Waals surface area contributed by atoms with Crippen molar-refractivity contribution in [2.75, 3.05) is 37.6 Å². The number of pyridine rings is 1. The first kappa shape index (κ1) is 24.8. The van der Waals surface area contributed by atoms with Gasteiger partial charge in [0.15, 0.2) is 0 Å². The number of anilines is 1. The van der Waals surface area contributed by atoms with Gasteiger partial charge < -0.3 is 19.4 Å². The van der Waals surface area contributed by atoms with Crippen molar-refractivity contribution >= 4 is 28.4 Å². The summed E-state index contributed by atoms with van der Waals surface area (Å²) >= 11 is 0. The van der Waals surface area contributed by atoms with Crippen molar-refractivity contribution in [3.8, 4) is 5.75 Å². The van der Waals surface area contributed by atoms with E-state index in [0.29, 0.717) is 24.0 Å². The predicted molar refractivity (Wildman–Crippen MR) is 144 cm³/mol. The second-order valence-corrected chi connectivity index (χ2v) is 10.6. The van der Waals surface area contributed by atoms with Crippen LogP contribution in [-0.4, -0.2) is 71.5 Å². The van der Waals surface area contributed by atoms with E-state index in [-0.39, 0.29) is 30.0 Å². The molecular formula is C30H33FN4O3. The molecule has 3 fully saturated rings. The van der Waals surface area contributed by atoms with Gasteiger partial charge in [-0.15, -0.1) is 0 Å². The fourth-order valence-electron chi connectivity index (χ4n) is 6.14. The lowest BCUT2D eigenvalue weighted by atomic mass is 10.0. The minimum Gasteiger partial charge on any atom is -0.490 e. The Labute approximate surface area is 222 Å². The van der Waals surface area contributed by atoms with Gasteiger partial charge in [-0.25, -0.2) is 4.39 Å². The molecule has 3 aliphatic rings. The van der Waals surface area contributed by atoms with Gasteiger partial charge in [-0.3, -0.25) is 14.6 Å². The second kappa shape index (κ2) is 10.7. The molecule has 6 rings (SSSR count). The van der Waals surface area contributed by atoms with Crippen LogP contribution in [0.2, 0.25) is 0 Å². The molecule has 1 aliphatic carbocycles. The Morgan fingerprint density at radius 1 is 0.921 bits per heavy atom. The lowest BCUT2D eigenvalue weighted by molar-refractivity contribution is -0.120. The molecule has 8 heteroatoms. The molecule has 3 heterocycles. The van der Waals surface area contributed by atoms with Crippen LogP contribution in [0.4, 0.5) is 10.1 Å². The number of amides is 2. The molecule has 38 heavy (non-hydrogen) atoms. The van der Waals surface area contributed by atoms with Gasteiger partial charge in [0, 0.05) is 55.1 Å². The number of hydrogen-bond donors (Lipinski definition) is 0. The van der Waals surface area contributed by atoms with E-state index in [4.69, 9.17) is 4.74 Å². The highest BCUT2D eigenvalue weighted by Crippen LogP contribution is 2.29. The number of nitrogens with zero attached hydrogens (tertiary/aromatic N) is 4. The summed E-state index contributed by atoms with van der Waals surface area (Å²) in [5, 5.41) is 0.451. The Kier molecular flexibility index (Phi) is 6.98. The van der Waals surface area contributed by atoms with Gasteiger partial charge in [0.25, 0.3) is 5.91 Å². The summed E-state index contributed by atoms with van der Waals surface area (Å²) in [6.07, 6.45) is 9.24. The maximum Gasteiger partial charge on any atom is 0.255 e. The minimum atomic E-state index is -0.472. The molecule has 7 nitrogen and oxygen atoms in total. The standard InChI is InChI=1S/C30H33FN4O3/c31-27-12-11-26(25-6-3-15-32-29(25)27)30(37)34-18-19-35(28(36)20-34)22-7-9-23(10-8-22)38-24-13-16-33(17-14-24)21-4-1-2-5-21/h3,6-12,15,21,24H,1-2,4-5,13-14,16-20H2. The summed E-state index contributed by atoms with van der Waals surface area (Å²) in [5.74, 6) is -0.0908. The van der Waals surface area contributed by atoms with Crippen LogP contribution < -0.4 is 9.64 Å². The Bertz CT molecular complexity index is 1320. The van der Waals surface area contributed by atoms with Crippen LogP contribution in [0.3, 0.4) is 0 Å². The first-order chi connectivity index (χ1) is 18.6. The molecule has 3 aromatic rings. The maximum absolute atomic E-state index is 14.1. The van der Waals surface area contributed by atoms with Gasteiger partial charge in [-0.1, -0.05) is 18.9 Å². The average molecular weight is 517 g/mol. The molecular weight excluding hydrogens is 483 g/mol. The third-order valence-corrected chi connectivity index (χ3v) is 8.23. The number of piperidine rings is 1. The smallest absolute Gasteiger partial charge is 0.255 e. The number of benzene rings is 2. The summed E-state index contributed by atoms with van der Waals surface area (Å²) in [5.41, 5.74) is 1.30. The van der Waals surface area contributed by atoms with E-state index in [1.54, 1.807) is 17.0 Å². The lowest BCUT2D eigenvalue weighted by Crippen LogP contribution is -2.52. The summed E-state index contributed by atoms with van der Waals surface area (Å²) in [4.78, 5) is 36.2. The Hall–Kier alpha value is -3.52. The number of ether oxygens (including phenoxy) is 1. The Morgan fingerprint density at radius 3 is 2.42 bits per heavy atom. The van der Waals surface area contributed by atoms with E-state index in [0.717, 1.165) is 43.4 Å². The quantitative estimate of drug-likeness (QED) is 0.494. The molecule has 0 bridgehead atoms. The third-order valence-electron chi connectivity index (χ3n) is 8.23. The van der Waals surface area contributed by atoms with E-state index < -0.39 is 5.82 Å². The van der Waals surface area contributed by atoms with Crippen molar-refractivity contribution in [2.45, 2.75) is 50.7 Å². The normalized spacial score (nSPS) is 19.9. The molecule has 1 saturated carbocycles. The number of likely N-dealkylation sites (tertiary alicyclic amines) is 1. The fourth-order valence-corrected chi connectivity index (χ4v) is 6.14. The van der Waals surface area contributed by atoms with Crippen LogP contribution in [-0.2, 0) is 4.79 Å². The molecule has 2 aromatic carbocycles. The number of hydrogen-bond acceptors (Lipinski definition) is 5.